The number of nitrogens with one attached hydrogen (secondary N) is 1. The molecule has 0 bridgehead atoms. The van der Waals surface area contributed by atoms with E-state index in [2.05, 4.69) is 5.32 Å². The molecule has 0 aromatic heterocycles. The molecule has 1 amide bonds. The SMILES string of the molecule is COCCCNC(=O)/C(=C/c1ccccc1Cl)c1ccccc1. The second kappa shape index (κ2) is 9.13. The van der Waals surface area contributed by atoms with E-state index in [4.69, 9.17) is 16.3 Å². The highest BCUT2D eigenvalue weighted by Crippen LogP contribution is 2.23. The molecular weight excluding hydrogens is 310 g/mol. The Kier molecular flexibility index (Phi) is 6.85. The molecule has 0 radical (unpaired) electrons. The van der Waals surface area contributed by atoms with Crippen LogP contribution in [0.4, 0.5) is 0 Å². The minimum absolute atomic E-state index is 0.118. The zero-order valence-electron chi connectivity index (χ0n) is 13.1. The summed E-state index contributed by atoms with van der Waals surface area (Å²) in [5.41, 5.74) is 2.27. The summed E-state index contributed by atoms with van der Waals surface area (Å²) in [6, 6.07) is 17.0. The lowest BCUT2D eigenvalue weighted by molar-refractivity contribution is -0.115. The Balaban J connectivity index is 2.26. The Bertz CT molecular complexity index is 668. The molecule has 0 fully saturated rings. The number of methoxy groups -OCH3 is 1. The van der Waals surface area contributed by atoms with Crippen molar-refractivity contribution in [1.82, 2.24) is 5.32 Å². The zero-order valence-corrected chi connectivity index (χ0v) is 13.8. The van der Waals surface area contributed by atoms with Gasteiger partial charge in [-0.3, -0.25) is 4.79 Å². The molecule has 0 atom stereocenters. The van der Waals surface area contributed by atoms with Gasteiger partial charge in [-0.15, -0.1) is 0 Å². The maximum Gasteiger partial charge on any atom is 0.251 e. The first-order chi connectivity index (χ1) is 11.2. The van der Waals surface area contributed by atoms with Crippen LogP contribution in [0.15, 0.2) is 54.6 Å². The molecule has 2 rings (SSSR count). The van der Waals surface area contributed by atoms with Gasteiger partial charge in [-0.2, -0.15) is 0 Å². The third-order valence-corrected chi connectivity index (χ3v) is 3.69. The third kappa shape index (κ3) is 5.23. The van der Waals surface area contributed by atoms with Crippen LogP contribution in [0.2, 0.25) is 5.02 Å². The van der Waals surface area contributed by atoms with Crippen LogP contribution in [0, 0.1) is 0 Å². The van der Waals surface area contributed by atoms with E-state index in [1.54, 1.807) is 7.11 Å². The molecule has 0 unspecified atom stereocenters. The smallest absolute Gasteiger partial charge is 0.251 e. The molecule has 2 aromatic rings. The number of carbonyl (C=O) groups excluding carboxylic acids is 1. The summed E-state index contributed by atoms with van der Waals surface area (Å²) in [7, 11) is 1.65. The lowest BCUT2D eigenvalue weighted by atomic mass is 10.0. The fourth-order valence-electron chi connectivity index (χ4n) is 2.16. The fourth-order valence-corrected chi connectivity index (χ4v) is 2.35. The Morgan fingerprint density at radius 1 is 1.13 bits per heavy atom. The predicted octanol–water partition coefficient (Wildman–Crippen LogP) is 4.03. The van der Waals surface area contributed by atoms with Crippen LogP contribution in [-0.4, -0.2) is 26.2 Å². The first kappa shape index (κ1) is 17.3. The van der Waals surface area contributed by atoms with Gasteiger partial charge >= 0.3 is 0 Å². The molecular formula is C19H20ClNO2. The summed E-state index contributed by atoms with van der Waals surface area (Å²) in [6.45, 7) is 1.19. The van der Waals surface area contributed by atoms with E-state index in [0.29, 0.717) is 23.7 Å². The molecule has 1 N–H and O–H groups in total. The first-order valence-corrected chi connectivity index (χ1v) is 7.89. The highest BCUT2D eigenvalue weighted by Gasteiger charge is 2.12. The molecule has 3 nitrogen and oxygen atoms in total. The van der Waals surface area contributed by atoms with E-state index in [9.17, 15) is 4.79 Å². The Hall–Kier alpha value is -2.10. The number of benzene rings is 2. The maximum absolute atomic E-state index is 12.6. The average molecular weight is 330 g/mol. The van der Waals surface area contributed by atoms with Gasteiger partial charge in [0.1, 0.15) is 0 Å². The van der Waals surface area contributed by atoms with Crippen LogP contribution in [0.1, 0.15) is 17.5 Å². The second-order valence-corrected chi connectivity index (χ2v) is 5.46. The van der Waals surface area contributed by atoms with Crippen molar-refractivity contribution in [3.05, 3.63) is 70.7 Å². The van der Waals surface area contributed by atoms with Crippen molar-refractivity contribution in [3.63, 3.8) is 0 Å². The van der Waals surface area contributed by atoms with Crippen LogP contribution in [0.5, 0.6) is 0 Å². The largest absolute Gasteiger partial charge is 0.385 e. The normalized spacial score (nSPS) is 11.3. The van der Waals surface area contributed by atoms with Crippen molar-refractivity contribution >= 4 is 29.2 Å². The second-order valence-electron chi connectivity index (χ2n) is 5.05. The van der Waals surface area contributed by atoms with E-state index in [0.717, 1.165) is 17.5 Å². The van der Waals surface area contributed by atoms with E-state index in [-0.39, 0.29) is 5.91 Å². The van der Waals surface area contributed by atoms with Gasteiger partial charge in [0.15, 0.2) is 0 Å². The van der Waals surface area contributed by atoms with Crippen molar-refractivity contribution in [1.29, 1.82) is 0 Å². The Morgan fingerprint density at radius 3 is 2.52 bits per heavy atom. The van der Waals surface area contributed by atoms with Gasteiger partial charge < -0.3 is 10.1 Å². The van der Waals surface area contributed by atoms with Crippen molar-refractivity contribution in [3.8, 4) is 0 Å². The van der Waals surface area contributed by atoms with Gasteiger partial charge in [0, 0.05) is 30.9 Å². The predicted molar refractivity (Wildman–Crippen MR) is 95.3 cm³/mol. The molecule has 120 valence electrons. The summed E-state index contributed by atoms with van der Waals surface area (Å²) in [5.74, 6) is -0.118. The van der Waals surface area contributed by atoms with Gasteiger partial charge in [-0.25, -0.2) is 0 Å². The number of ether oxygens (including phenoxy) is 1. The summed E-state index contributed by atoms with van der Waals surface area (Å²) < 4.78 is 5.00. The molecule has 2 aromatic carbocycles. The van der Waals surface area contributed by atoms with Crippen molar-refractivity contribution < 1.29 is 9.53 Å². The van der Waals surface area contributed by atoms with Crippen LogP contribution in [-0.2, 0) is 9.53 Å². The minimum atomic E-state index is -0.118. The quantitative estimate of drug-likeness (QED) is 0.473. The zero-order chi connectivity index (χ0) is 16.5. The monoisotopic (exact) mass is 329 g/mol. The lowest BCUT2D eigenvalue weighted by Gasteiger charge is -2.10. The van der Waals surface area contributed by atoms with Crippen LogP contribution >= 0.6 is 11.6 Å². The summed E-state index contributed by atoms with van der Waals surface area (Å²) in [6.07, 6.45) is 2.60. The molecule has 4 heteroatoms. The van der Waals surface area contributed by atoms with Gasteiger partial charge in [-0.1, -0.05) is 60.1 Å². The third-order valence-electron chi connectivity index (χ3n) is 3.35. The standard InChI is InChI=1S/C19H20ClNO2/c1-23-13-7-12-21-19(22)17(15-8-3-2-4-9-15)14-16-10-5-6-11-18(16)20/h2-6,8-11,14H,7,12-13H2,1H3,(H,21,22)/b17-14+. The average Bonchev–Trinajstić information content (AvgIpc) is 2.58. The van der Waals surface area contributed by atoms with Crippen LogP contribution in [0.25, 0.3) is 11.6 Å². The molecule has 0 heterocycles. The number of halogens is 1. The van der Waals surface area contributed by atoms with Gasteiger partial charge in [0.25, 0.3) is 5.91 Å². The minimum Gasteiger partial charge on any atom is -0.385 e. The number of amides is 1. The van der Waals surface area contributed by atoms with Crippen molar-refractivity contribution in [2.45, 2.75) is 6.42 Å². The number of hydrogen-bond donors (Lipinski definition) is 1. The Morgan fingerprint density at radius 2 is 1.83 bits per heavy atom. The highest BCUT2D eigenvalue weighted by atomic mass is 35.5. The van der Waals surface area contributed by atoms with E-state index >= 15 is 0 Å². The lowest BCUT2D eigenvalue weighted by Crippen LogP contribution is -2.26. The summed E-state index contributed by atoms with van der Waals surface area (Å²) in [5, 5.41) is 3.54. The molecule has 0 aliphatic carbocycles. The maximum atomic E-state index is 12.6. The summed E-state index contributed by atoms with van der Waals surface area (Å²) in [4.78, 5) is 12.6. The van der Waals surface area contributed by atoms with Gasteiger partial charge in [0.2, 0.25) is 0 Å². The van der Waals surface area contributed by atoms with E-state index in [1.165, 1.54) is 0 Å². The number of hydrogen-bond acceptors (Lipinski definition) is 2. The Labute approximate surface area is 141 Å². The van der Waals surface area contributed by atoms with Gasteiger partial charge in [-0.05, 0) is 29.7 Å². The number of carbonyl (C=O) groups is 1. The topological polar surface area (TPSA) is 38.3 Å². The van der Waals surface area contributed by atoms with Gasteiger partial charge in [0.05, 0.1) is 0 Å². The highest BCUT2D eigenvalue weighted by molar-refractivity contribution is 6.33. The molecule has 0 spiro atoms. The molecule has 0 saturated heterocycles. The van der Waals surface area contributed by atoms with E-state index < -0.39 is 0 Å². The fraction of sp³-hybridized carbons (Fsp3) is 0.211. The van der Waals surface area contributed by atoms with Crippen molar-refractivity contribution in [2.75, 3.05) is 20.3 Å². The molecule has 23 heavy (non-hydrogen) atoms. The molecule has 0 saturated carbocycles. The molecule has 0 aliphatic heterocycles. The first-order valence-electron chi connectivity index (χ1n) is 7.51. The number of rotatable bonds is 7. The summed E-state index contributed by atoms with van der Waals surface area (Å²) >= 11 is 6.21. The van der Waals surface area contributed by atoms with E-state index in [1.807, 2.05) is 60.7 Å². The van der Waals surface area contributed by atoms with Crippen molar-refractivity contribution in [2.24, 2.45) is 0 Å². The molecule has 0 aliphatic rings. The van der Waals surface area contributed by atoms with Crippen LogP contribution < -0.4 is 5.32 Å². The van der Waals surface area contributed by atoms with Crippen LogP contribution in [0.3, 0.4) is 0 Å².